The number of anilines is 1. The number of hydrogen-bond donors (Lipinski definition) is 1. The molecule has 8 heteroatoms. The summed E-state index contributed by atoms with van der Waals surface area (Å²) in [6.45, 7) is 0. The summed E-state index contributed by atoms with van der Waals surface area (Å²) in [4.78, 5) is 17.9. The molecule has 142 valence electrons. The van der Waals surface area contributed by atoms with Gasteiger partial charge in [0.2, 0.25) is 0 Å². The van der Waals surface area contributed by atoms with Crippen molar-refractivity contribution in [2.45, 2.75) is 5.75 Å². The summed E-state index contributed by atoms with van der Waals surface area (Å²) in [6.07, 6.45) is 5.12. The molecule has 0 aliphatic carbocycles. The molecule has 0 radical (unpaired) electrons. The van der Waals surface area contributed by atoms with Gasteiger partial charge in [0.15, 0.2) is 14.8 Å². The number of imidazole rings is 1. The van der Waals surface area contributed by atoms with Crippen LogP contribution in [0.1, 0.15) is 15.9 Å². The minimum absolute atomic E-state index is 0.0395. The molecule has 0 aliphatic heterocycles. The highest BCUT2D eigenvalue weighted by molar-refractivity contribution is 7.89. The SMILES string of the molecule is CS(=O)(=O)Cc1ccc(C(=O)Nc2ccc(-c3cn4ccsc4n3)cc2)cc1. The number of carbonyl (C=O) groups excluding carboxylic acids is 1. The fraction of sp³-hybridized carbons (Fsp3) is 0.100. The maximum atomic E-state index is 12.4. The van der Waals surface area contributed by atoms with Gasteiger partial charge in [0.25, 0.3) is 5.91 Å². The molecule has 0 saturated heterocycles. The lowest BCUT2D eigenvalue weighted by atomic mass is 10.1. The van der Waals surface area contributed by atoms with Gasteiger partial charge in [-0.25, -0.2) is 13.4 Å². The molecule has 1 amide bonds. The molecule has 0 atom stereocenters. The maximum absolute atomic E-state index is 12.4. The van der Waals surface area contributed by atoms with Gasteiger partial charge in [-0.3, -0.25) is 9.20 Å². The highest BCUT2D eigenvalue weighted by Gasteiger charge is 2.10. The van der Waals surface area contributed by atoms with Gasteiger partial charge in [0, 0.05) is 40.8 Å². The Balaban J connectivity index is 1.45. The van der Waals surface area contributed by atoms with Crippen LogP contribution in [0.3, 0.4) is 0 Å². The Morgan fingerprint density at radius 2 is 1.82 bits per heavy atom. The summed E-state index contributed by atoms with van der Waals surface area (Å²) in [5.74, 6) is -0.288. The Morgan fingerprint density at radius 1 is 1.11 bits per heavy atom. The molecule has 28 heavy (non-hydrogen) atoms. The molecule has 0 spiro atoms. The molecular formula is C20H17N3O3S2. The normalized spacial score (nSPS) is 11.6. The smallest absolute Gasteiger partial charge is 0.255 e. The average molecular weight is 412 g/mol. The van der Waals surface area contributed by atoms with Crippen LogP contribution < -0.4 is 5.32 Å². The van der Waals surface area contributed by atoms with Crippen molar-refractivity contribution in [3.05, 3.63) is 77.4 Å². The molecule has 4 aromatic rings. The van der Waals surface area contributed by atoms with E-state index in [-0.39, 0.29) is 11.7 Å². The van der Waals surface area contributed by atoms with Crippen molar-refractivity contribution in [3.63, 3.8) is 0 Å². The number of aromatic nitrogens is 2. The lowest BCUT2D eigenvalue weighted by Gasteiger charge is -2.07. The largest absolute Gasteiger partial charge is 0.322 e. The van der Waals surface area contributed by atoms with Gasteiger partial charge in [-0.05, 0) is 29.8 Å². The summed E-state index contributed by atoms with van der Waals surface area (Å²) in [5.41, 5.74) is 3.65. The van der Waals surface area contributed by atoms with Crippen LogP contribution in [-0.2, 0) is 15.6 Å². The monoisotopic (exact) mass is 411 g/mol. The van der Waals surface area contributed by atoms with Crippen molar-refractivity contribution >= 4 is 37.7 Å². The summed E-state index contributed by atoms with van der Waals surface area (Å²) in [7, 11) is -3.10. The second-order valence-corrected chi connectivity index (χ2v) is 9.53. The van der Waals surface area contributed by atoms with E-state index in [4.69, 9.17) is 0 Å². The van der Waals surface area contributed by atoms with Gasteiger partial charge >= 0.3 is 0 Å². The van der Waals surface area contributed by atoms with Crippen molar-refractivity contribution in [2.75, 3.05) is 11.6 Å². The lowest BCUT2D eigenvalue weighted by Crippen LogP contribution is -2.12. The molecule has 4 rings (SSSR count). The van der Waals surface area contributed by atoms with Gasteiger partial charge in [0.1, 0.15) is 0 Å². The van der Waals surface area contributed by atoms with Gasteiger partial charge in [-0.2, -0.15) is 0 Å². The van der Waals surface area contributed by atoms with E-state index in [2.05, 4.69) is 10.3 Å². The number of amides is 1. The van der Waals surface area contributed by atoms with Crippen LogP contribution in [0.2, 0.25) is 0 Å². The van der Waals surface area contributed by atoms with Crippen molar-refractivity contribution in [2.24, 2.45) is 0 Å². The van der Waals surface area contributed by atoms with Crippen LogP contribution in [0, 0.1) is 0 Å². The molecule has 0 aliphatic rings. The third-order valence-corrected chi connectivity index (χ3v) is 5.81. The molecule has 0 fully saturated rings. The Labute approximate surface area is 166 Å². The van der Waals surface area contributed by atoms with E-state index in [9.17, 15) is 13.2 Å². The van der Waals surface area contributed by atoms with E-state index in [1.165, 1.54) is 6.26 Å². The first-order chi connectivity index (χ1) is 13.4. The first-order valence-corrected chi connectivity index (χ1v) is 11.4. The topological polar surface area (TPSA) is 80.5 Å². The van der Waals surface area contributed by atoms with Gasteiger partial charge in [0.05, 0.1) is 11.4 Å². The van der Waals surface area contributed by atoms with Gasteiger partial charge in [-0.1, -0.05) is 24.3 Å². The summed E-state index contributed by atoms with van der Waals surface area (Å²) >= 11 is 1.58. The average Bonchev–Trinajstić information content (AvgIpc) is 3.23. The molecule has 0 bridgehead atoms. The maximum Gasteiger partial charge on any atom is 0.255 e. The van der Waals surface area contributed by atoms with Crippen LogP contribution >= 0.6 is 11.3 Å². The molecule has 1 N–H and O–H groups in total. The van der Waals surface area contributed by atoms with Gasteiger partial charge in [-0.15, -0.1) is 11.3 Å². The molecule has 6 nitrogen and oxygen atoms in total. The molecule has 2 heterocycles. The zero-order valence-corrected chi connectivity index (χ0v) is 16.6. The molecule has 0 unspecified atom stereocenters. The zero-order valence-electron chi connectivity index (χ0n) is 15.0. The van der Waals surface area contributed by atoms with Crippen LogP contribution in [-0.4, -0.2) is 30.0 Å². The third kappa shape index (κ3) is 4.13. The predicted octanol–water partition coefficient (Wildman–Crippen LogP) is 3.86. The number of nitrogens with zero attached hydrogens (tertiary/aromatic N) is 2. The number of fused-ring (bicyclic) bond motifs is 1. The lowest BCUT2D eigenvalue weighted by molar-refractivity contribution is 0.102. The minimum Gasteiger partial charge on any atom is -0.322 e. The van der Waals surface area contributed by atoms with E-state index in [1.54, 1.807) is 35.6 Å². The Bertz CT molecular complexity index is 1210. The molecular weight excluding hydrogens is 394 g/mol. The van der Waals surface area contributed by atoms with Crippen LogP contribution in [0.15, 0.2) is 66.3 Å². The summed E-state index contributed by atoms with van der Waals surface area (Å²) in [5, 5.41) is 4.83. The number of rotatable bonds is 5. The number of thiazole rings is 1. The molecule has 2 aromatic heterocycles. The number of hydrogen-bond acceptors (Lipinski definition) is 5. The van der Waals surface area contributed by atoms with Crippen molar-refractivity contribution in [1.29, 1.82) is 0 Å². The van der Waals surface area contributed by atoms with Crippen molar-refractivity contribution < 1.29 is 13.2 Å². The zero-order chi connectivity index (χ0) is 19.7. The van der Waals surface area contributed by atoms with E-state index in [0.717, 1.165) is 16.2 Å². The van der Waals surface area contributed by atoms with Gasteiger partial charge < -0.3 is 5.32 Å². The fourth-order valence-electron chi connectivity index (χ4n) is 2.85. The number of carbonyl (C=O) groups is 1. The third-order valence-electron chi connectivity index (χ3n) is 4.18. The van der Waals surface area contributed by atoms with Crippen LogP contribution in [0.4, 0.5) is 5.69 Å². The summed E-state index contributed by atoms with van der Waals surface area (Å²) in [6, 6.07) is 14.1. The number of sulfone groups is 1. The van der Waals surface area contributed by atoms with Crippen molar-refractivity contribution in [1.82, 2.24) is 9.38 Å². The van der Waals surface area contributed by atoms with Crippen LogP contribution in [0.5, 0.6) is 0 Å². The van der Waals surface area contributed by atoms with E-state index < -0.39 is 9.84 Å². The standard InChI is InChI=1S/C20H17N3O3S2/c1-28(25,26)13-14-2-4-16(5-3-14)19(24)21-17-8-6-15(7-9-17)18-12-23-10-11-27-20(23)22-18/h2-12H,13H2,1H3,(H,21,24). The fourth-order valence-corrected chi connectivity index (χ4v) is 4.35. The Kier molecular flexibility index (Phi) is 4.74. The van der Waals surface area contributed by atoms with Crippen LogP contribution in [0.25, 0.3) is 16.2 Å². The highest BCUT2D eigenvalue weighted by Crippen LogP contribution is 2.23. The predicted molar refractivity (Wildman–Crippen MR) is 111 cm³/mol. The molecule has 2 aromatic carbocycles. The Morgan fingerprint density at radius 3 is 2.46 bits per heavy atom. The van der Waals surface area contributed by atoms with E-state index in [0.29, 0.717) is 16.8 Å². The highest BCUT2D eigenvalue weighted by atomic mass is 32.2. The second kappa shape index (κ2) is 7.21. The second-order valence-electron chi connectivity index (χ2n) is 6.52. The first-order valence-electron chi connectivity index (χ1n) is 8.48. The Hall–Kier alpha value is -2.97. The number of benzene rings is 2. The summed E-state index contributed by atoms with van der Waals surface area (Å²) < 4.78 is 24.7. The van der Waals surface area contributed by atoms with Crippen molar-refractivity contribution in [3.8, 4) is 11.3 Å². The molecule has 0 saturated carbocycles. The first kappa shape index (κ1) is 18.4. The minimum atomic E-state index is -3.10. The quantitative estimate of drug-likeness (QED) is 0.541. The van der Waals surface area contributed by atoms with E-state index >= 15 is 0 Å². The number of nitrogens with one attached hydrogen (secondary N) is 1. The van der Waals surface area contributed by atoms with E-state index in [1.807, 2.05) is 46.4 Å².